The van der Waals surface area contributed by atoms with Crippen molar-refractivity contribution in [3.8, 4) is 16.2 Å². The predicted octanol–water partition coefficient (Wildman–Crippen LogP) is 9.27. The zero-order valence-corrected chi connectivity index (χ0v) is 49.1. The molecule has 0 bridgehead atoms. The fourth-order valence-corrected chi connectivity index (χ4v) is 9.99. The number of carbonyl (C=O) groups excluding carboxylic acids is 4. The number of aryl methyl sites for hydroxylation is 1. The summed E-state index contributed by atoms with van der Waals surface area (Å²) in [6.45, 7) is 14.0. The van der Waals surface area contributed by atoms with E-state index < -0.39 is 29.4 Å². The maximum atomic E-state index is 15.0. The molecule has 0 saturated carbocycles. The average Bonchev–Trinajstić information content (AvgIpc) is 4.24. The highest BCUT2D eigenvalue weighted by Gasteiger charge is 2.41. The summed E-state index contributed by atoms with van der Waals surface area (Å²) in [7, 11) is 1.61. The van der Waals surface area contributed by atoms with Crippen molar-refractivity contribution in [1.82, 2.24) is 40.7 Å². The number of benzene rings is 3. The number of unbranched alkanes of at least 4 members (excludes halogenated alkanes) is 5. The second kappa shape index (κ2) is 33.0. The second-order valence-corrected chi connectivity index (χ2v) is 22.3. The van der Waals surface area contributed by atoms with Crippen molar-refractivity contribution in [1.29, 1.82) is 10.8 Å². The number of rotatable bonds is 33. The van der Waals surface area contributed by atoms with Crippen molar-refractivity contribution in [2.24, 2.45) is 5.41 Å². The van der Waals surface area contributed by atoms with Crippen LogP contribution >= 0.6 is 11.3 Å². The second-order valence-electron chi connectivity index (χ2n) is 21.4. The molecule has 0 aliphatic carbocycles. The van der Waals surface area contributed by atoms with Gasteiger partial charge in [0.05, 0.1) is 61.7 Å². The first-order valence-corrected chi connectivity index (χ1v) is 29.2. The highest BCUT2D eigenvalue weighted by atomic mass is 32.1. The average molecular weight is 1150 g/mol. The molecule has 21 heteroatoms. The molecule has 442 valence electrons. The fourth-order valence-electron chi connectivity index (χ4n) is 9.18. The van der Waals surface area contributed by atoms with E-state index in [0.29, 0.717) is 107 Å². The van der Waals surface area contributed by atoms with Crippen LogP contribution in [0, 0.1) is 29.0 Å². The highest BCUT2D eigenvalue weighted by Crippen LogP contribution is 2.29. The van der Waals surface area contributed by atoms with Crippen LogP contribution in [0.5, 0.6) is 5.75 Å². The van der Waals surface area contributed by atoms with Crippen molar-refractivity contribution in [3.05, 3.63) is 125 Å². The van der Waals surface area contributed by atoms with Gasteiger partial charge in [0.15, 0.2) is 5.84 Å². The minimum Gasteiger partial charge on any atom is -0.494 e. The molecular formula is C61H82FN11O8S. The molecule has 1 aliphatic heterocycles. The third kappa shape index (κ3) is 20.4. The molecule has 6 N–H and O–H groups in total. The van der Waals surface area contributed by atoms with Crippen molar-refractivity contribution >= 4 is 52.3 Å². The van der Waals surface area contributed by atoms with Gasteiger partial charge in [-0.15, -0.1) is 11.3 Å². The van der Waals surface area contributed by atoms with Gasteiger partial charge in [0.1, 0.15) is 41.5 Å². The number of anilines is 1. The van der Waals surface area contributed by atoms with E-state index in [1.165, 1.54) is 23.5 Å². The van der Waals surface area contributed by atoms with Crippen LogP contribution in [-0.4, -0.2) is 139 Å². The molecule has 1 saturated heterocycles. The quantitative estimate of drug-likeness (QED) is 0.0130. The van der Waals surface area contributed by atoms with Gasteiger partial charge >= 0.3 is 0 Å². The molecule has 1 aliphatic rings. The minimum absolute atomic E-state index is 0.0539. The van der Waals surface area contributed by atoms with Crippen LogP contribution in [0.25, 0.3) is 10.4 Å². The number of nitrogens with zero attached hydrogens (tertiary/aromatic N) is 5. The first kappa shape index (κ1) is 64.0. The summed E-state index contributed by atoms with van der Waals surface area (Å²) in [4.78, 5) is 70.1. The standard InChI is InChI=1S/C61H82FN11O8S/c1-42(70-58(75)46-16-14-17-47(36-46)66-39-53(63)72(6)57(64)51-26-27-65-40-68-51)49-37-48(24-25-50(49)62)81-31-13-8-7-11-29-78-32-34-80-35-33-79-30-12-9-10-19-54(74)71-56(61(3,4)5)60(77)73-28-15-18-52(73)59(76)67-38-44-20-22-45(23-21-44)55-43(2)69-41-82-55/h14,16-17,20-27,36-37,40-42,52,56,63-64,66H,7-13,15,18-19,28-35,38-39H2,1-6H3,(H,67,76)(H,70,75)(H,71,74)/t42-,52-,56+/m0/s1. The molecule has 19 nitrogen and oxygen atoms in total. The van der Waals surface area contributed by atoms with E-state index in [9.17, 15) is 23.6 Å². The van der Waals surface area contributed by atoms with Crippen LogP contribution in [0.1, 0.15) is 131 Å². The molecular weight excluding hydrogens is 1070 g/mol. The lowest BCUT2D eigenvalue weighted by Crippen LogP contribution is -2.57. The number of aromatic nitrogens is 3. The van der Waals surface area contributed by atoms with Crippen LogP contribution in [0.15, 0.2) is 90.8 Å². The van der Waals surface area contributed by atoms with Gasteiger partial charge in [-0.05, 0) is 118 Å². The van der Waals surface area contributed by atoms with Crippen LogP contribution in [0.2, 0.25) is 0 Å². The molecule has 0 unspecified atom stereocenters. The Bertz CT molecular complexity index is 2850. The Labute approximate surface area is 485 Å². The molecule has 6 rings (SSSR count). The Balaban J connectivity index is 0.745. The van der Waals surface area contributed by atoms with Crippen molar-refractivity contribution in [2.45, 2.75) is 123 Å². The number of halogens is 1. The number of nitrogens with one attached hydrogen (secondary N) is 6. The Morgan fingerprint density at radius 1 is 0.841 bits per heavy atom. The molecule has 3 atom stereocenters. The number of thiazole rings is 1. The van der Waals surface area contributed by atoms with Gasteiger partial charge in [0.25, 0.3) is 5.91 Å². The fraction of sp³-hybridized carbons (Fsp3) is 0.492. The largest absolute Gasteiger partial charge is 0.494 e. The van der Waals surface area contributed by atoms with E-state index in [0.717, 1.165) is 66.6 Å². The smallest absolute Gasteiger partial charge is 0.251 e. The number of carbonyl (C=O) groups is 4. The summed E-state index contributed by atoms with van der Waals surface area (Å²) < 4.78 is 38.0. The molecule has 4 amide bonds. The Morgan fingerprint density at radius 3 is 2.21 bits per heavy atom. The van der Waals surface area contributed by atoms with Gasteiger partial charge in [-0.1, -0.05) is 63.9 Å². The number of ether oxygens (including phenoxy) is 4. The number of hydrogen-bond acceptors (Lipinski definition) is 15. The summed E-state index contributed by atoms with van der Waals surface area (Å²) in [5, 5.41) is 28.8. The van der Waals surface area contributed by atoms with Crippen molar-refractivity contribution < 1.29 is 42.5 Å². The summed E-state index contributed by atoms with van der Waals surface area (Å²) >= 11 is 1.60. The topological polar surface area (TPSA) is 246 Å². The summed E-state index contributed by atoms with van der Waals surface area (Å²) in [6.07, 6.45) is 10.4. The van der Waals surface area contributed by atoms with Crippen molar-refractivity contribution in [3.63, 3.8) is 0 Å². The maximum absolute atomic E-state index is 15.0. The zero-order valence-electron chi connectivity index (χ0n) is 48.3. The molecule has 5 aromatic rings. The van der Waals surface area contributed by atoms with E-state index in [2.05, 4.69) is 36.2 Å². The lowest BCUT2D eigenvalue weighted by Gasteiger charge is -2.35. The van der Waals surface area contributed by atoms with Crippen molar-refractivity contribution in [2.75, 3.05) is 71.7 Å². The number of hydrogen-bond donors (Lipinski definition) is 6. The monoisotopic (exact) mass is 1150 g/mol. The summed E-state index contributed by atoms with van der Waals surface area (Å²) in [5.41, 5.74) is 5.99. The van der Waals surface area contributed by atoms with Crippen LogP contribution < -0.4 is 26.0 Å². The van der Waals surface area contributed by atoms with Gasteiger partial charge in [0, 0.05) is 62.8 Å². The molecule has 0 spiro atoms. The number of amidine groups is 2. The SMILES string of the molecule is Cc1ncsc1-c1ccc(CNC(=O)[C@@H]2CCCN2C(=O)[C@@H](NC(=O)CCCCCOCCOCCOCCCCCCOc2ccc(F)c([C@H](C)NC(=O)c3cccc(NCC(=N)N(C)C(=N)c4ccncn4)c3)c2)C(C)(C)C)cc1. The lowest BCUT2D eigenvalue weighted by molar-refractivity contribution is -0.143. The summed E-state index contributed by atoms with van der Waals surface area (Å²) in [6, 6.07) is 19.0. The molecule has 0 radical (unpaired) electrons. The van der Waals surface area contributed by atoms with E-state index >= 15 is 0 Å². The predicted molar refractivity (Wildman–Crippen MR) is 317 cm³/mol. The maximum Gasteiger partial charge on any atom is 0.251 e. The number of likely N-dealkylation sites (tertiary alicyclic amines) is 1. The van der Waals surface area contributed by atoms with E-state index in [-0.39, 0.29) is 41.8 Å². The summed E-state index contributed by atoms with van der Waals surface area (Å²) in [5.74, 6) is -0.741. The van der Waals surface area contributed by atoms with Gasteiger partial charge in [-0.25, -0.2) is 19.3 Å². The molecule has 3 heterocycles. The van der Waals surface area contributed by atoms with Crippen LogP contribution in [-0.2, 0) is 35.1 Å². The minimum atomic E-state index is -0.760. The van der Waals surface area contributed by atoms with Gasteiger partial charge < -0.3 is 50.0 Å². The van der Waals surface area contributed by atoms with Gasteiger partial charge in [-0.3, -0.25) is 30.0 Å². The highest BCUT2D eigenvalue weighted by molar-refractivity contribution is 7.13. The van der Waals surface area contributed by atoms with Crippen LogP contribution in [0.4, 0.5) is 10.1 Å². The van der Waals surface area contributed by atoms with Crippen LogP contribution in [0.3, 0.4) is 0 Å². The number of likely N-dealkylation sites (N-methyl/N-ethyl adjacent to an activating group) is 1. The van der Waals surface area contributed by atoms with Gasteiger partial charge in [-0.2, -0.15) is 0 Å². The lowest BCUT2D eigenvalue weighted by atomic mass is 9.85. The zero-order chi connectivity index (χ0) is 58.9. The van der Waals surface area contributed by atoms with Gasteiger partial charge in [0.2, 0.25) is 17.7 Å². The van der Waals surface area contributed by atoms with E-state index in [1.807, 2.05) is 57.5 Å². The Hall–Kier alpha value is -7.20. The van der Waals surface area contributed by atoms with E-state index in [4.69, 9.17) is 29.8 Å². The number of amides is 4. The normalized spacial score (nSPS) is 13.9. The third-order valence-electron chi connectivity index (χ3n) is 14.0. The molecule has 82 heavy (non-hydrogen) atoms. The molecule has 3 aromatic carbocycles. The first-order valence-electron chi connectivity index (χ1n) is 28.3. The Morgan fingerprint density at radius 2 is 1.54 bits per heavy atom. The third-order valence-corrected chi connectivity index (χ3v) is 15.0. The molecule has 1 fully saturated rings. The Kier molecular flexibility index (Phi) is 25.8. The van der Waals surface area contributed by atoms with E-state index in [1.54, 1.807) is 72.7 Å². The first-order chi connectivity index (χ1) is 39.5. The molecule has 2 aromatic heterocycles.